The second-order valence-electron chi connectivity index (χ2n) is 3.27. The van der Waals surface area contributed by atoms with Crippen LogP contribution in [0.2, 0.25) is 0 Å². The number of phenolic OH excluding ortho intramolecular Hbond substituents is 1. The van der Waals surface area contributed by atoms with Gasteiger partial charge in [0.25, 0.3) is 0 Å². The van der Waals surface area contributed by atoms with Crippen LogP contribution in [0.1, 0.15) is 11.1 Å². The number of phenols is 1. The molecule has 0 aliphatic carbocycles. The van der Waals surface area contributed by atoms with Crippen molar-refractivity contribution in [2.45, 2.75) is 13.8 Å². The molecule has 0 unspecified atom stereocenters. The summed E-state index contributed by atoms with van der Waals surface area (Å²) < 4.78 is 0. The molecular formula is C12H11OY-. The summed E-state index contributed by atoms with van der Waals surface area (Å²) >= 11 is 0. The first-order chi connectivity index (χ1) is 6.20. The van der Waals surface area contributed by atoms with E-state index in [-0.39, 0.29) is 32.7 Å². The maximum atomic E-state index is 9.75. The fourth-order valence-electron chi connectivity index (χ4n) is 1.63. The minimum absolute atomic E-state index is 0. The second-order valence-corrected chi connectivity index (χ2v) is 3.27. The van der Waals surface area contributed by atoms with Gasteiger partial charge >= 0.3 is 0 Å². The third-order valence-electron chi connectivity index (χ3n) is 2.32. The van der Waals surface area contributed by atoms with Gasteiger partial charge in [-0.15, -0.1) is 17.0 Å². The molecule has 0 fully saturated rings. The molecular weight excluding hydrogens is 249 g/mol. The molecule has 0 aliphatic heterocycles. The topological polar surface area (TPSA) is 20.2 Å². The zero-order valence-electron chi connectivity index (χ0n) is 8.33. The Kier molecular flexibility index (Phi) is 3.68. The van der Waals surface area contributed by atoms with Crippen molar-refractivity contribution in [3.63, 3.8) is 0 Å². The van der Waals surface area contributed by atoms with E-state index in [0.29, 0.717) is 5.75 Å². The number of hydrogen-bond acceptors (Lipinski definition) is 1. The molecule has 2 aromatic rings. The fraction of sp³-hybridized carbons (Fsp3) is 0.167. The van der Waals surface area contributed by atoms with Gasteiger partial charge in [-0.3, -0.25) is 0 Å². The zero-order chi connectivity index (χ0) is 9.42. The van der Waals surface area contributed by atoms with Crippen LogP contribution >= 0.6 is 0 Å². The average molecular weight is 260 g/mol. The van der Waals surface area contributed by atoms with Crippen LogP contribution in [0, 0.1) is 19.9 Å². The largest absolute Gasteiger partial charge is 0.565 e. The van der Waals surface area contributed by atoms with Crippen LogP contribution in [0.3, 0.4) is 0 Å². The van der Waals surface area contributed by atoms with Gasteiger partial charge in [-0.25, -0.2) is 0 Å². The third-order valence-corrected chi connectivity index (χ3v) is 2.32. The Morgan fingerprint density at radius 3 is 2.21 bits per heavy atom. The van der Waals surface area contributed by atoms with E-state index in [4.69, 9.17) is 0 Å². The van der Waals surface area contributed by atoms with Crippen molar-refractivity contribution < 1.29 is 37.8 Å². The molecule has 0 aromatic heterocycles. The van der Waals surface area contributed by atoms with E-state index < -0.39 is 0 Å². The molecule has 14 heavy (non-hydrogen) atoms. The van der Waals surface area contributed by atoms with Crippen LogP contribution in [0.5, 0.6) is 5.75 Å². The summed E-state index contributed by atoms with van der Waals surface area (Å²) in [6, 6.07) is 11.0. The van der Waals surface area contributed by atoms with Crippen molar-refractivity contribution in [3.8, 4) is 5.75 Å². The molecule has 0 saturated heterocycles. The summed E-state index contributed by atoms with van der Waals surface area (Å²) in [5, 5.41) is 11.7. The maximum absolute atomic E-state index is 9.75. The third kappa shape index (κ3) is 1.84. The molecule has 0 saturated carbocycles. The molecule has 69 valence electrons. The van der Waals surface area contributed by atoms with Gasteiger partial charge in [0.05, 0.1) is 0 Å². The summed E-state index contributed by atoms with van der Waals surface area (Å²) in [5.74, 6) is 0.348. The van der Waals surface area contributed by atoms with E-state index in [1.807, 2.05) is 38.1 Å². The van der Waals surface area contributed by atoms with Crippen LogP contribution in [0.25, 0.3) is 10.8 Å². The number of benzene rings is 2. The van der Waals surface area contributed by atoms with Crippen LogP contribution in [0.15, 0.2) is 24.3 Å². The Morgan fingerprint density at radius 2 is 1.57 bits per heavy atom. The Bertz CT molecular complexity index is 463. The standard InChI is InChI=1S/C12H11O.Y/c1-8-7-9(2)12(13)11-6-4-3-5-10(8)11;/h3-6,13H,1-2H3;/q-1;. The molecule has 2 aromatic carbocycles. The smallest absolute Gasteiger partial charge is 0.0137 e. The SMILES string of the molecule is Cc1[c-]c(C)c2ccccc2c1O.[Y]. The van der Waals surface area contributed by atoms with Crippen molar-refractivity contribution in [3.05, 3.63) is 41.5 Å². The number of aryl methyl sites for hydroxylation is 2. The molecule has 1 radical (unpaired) electrons. The van der Waals surface area contributed by atoms with Gasteiger partial charge in [-0.1, -0.05) is 37.4 Å². The summed E-state index contributed by atoms with van der Waals surface area (Å²) in [7, 11) is 0. The molecule has 0 aliphatic rings. The predicted molar refractivity (Wildman–Crippen MR) is 53.9 cm³/mol. The molecule has 0 bridgehead atoms. The predicted octanol–water partition coefficient (Wildman–Crippen LogP) is 2.96. The molecule has 1 N–H and O–H groups in total. The van der Waals surface area contributed by atoms with Crippen LogP contribution in [-0.4, -0.2) is 5.11 Å². The Balaban J connectivity index is 0.000000980. The van der Waals surface area contributed by atoms with Gasteiger partial charge < -0.3 is 5.11 Å². The van der Waals surface area contributed by atoms with Crippen molar-refractivity contribution >= 4 is 10.8 Å². The minimum Gasteiger partial charge on any atom is -0.565 e. The monoisotopic (exact) mass is 260 g/mol. The van der Waals surface area contributed by atoms with E-state index >= 15 is 0 Å². The molecule has 0 spiro atoms. The zero-order valence-corrected chi connectivity index (χ0v) is 11.2. The van der Waals surface area contributed by atoms with Gasteiger partial charge in [0.15, 0.2) is 0 Å². The first-order valence-electron chi connectivity index (χ1n) is 4.30. The van der Waals surface area contributed by atoms with Gasteiger partial charge in [0, 0.05) is 38.5 Å². The van der Waals surface area contributed by atoms with E-state index in [1.54, 1.807) is 0 Å². The Hall–Kier alpha value is -0.396. The summed E-state index contributed by atoms with van der Waals surface area (Å²) in [6.45, 7) is 3.88. The van der Waals surface area contributed by atoms with Crippen molar-refractivity contribution in [2.75, 3.05) is 0 Å². The molecule has 2 heteroatoms. The van der Waals surface area contributed by atoms with Gasteiger partial charge in [0.1, 0.15) is 0 Å². The summed E-state index contributed by atoms with van der Waals surface area (Å²) in [5.41, 5.74) is 1.90. The van der Waals surface area contributed by atoms with Crippen molar-refractivity contribution in [2.24, 2.45) is 0 Å². The van der Waals surface area contributed by atoms with Crippen molar-refractivity contribution in [1.29, 1.82) is 0 Å². The van der Waals surface area contributed by atoms with Crippen LogP contribution < -0.4 is 0 Å². The summed E-state index contributed by atoms with van der Waals surface area (Å²) in [6.07, 6.45) is 0. The minimum atomic E-state index is 0. The first kappa shape index (κ1) is 11.7. The number of rotatable bonds is 0. The van der Waals surface area contributed by atoms with Gasteiger partial charge in [-0.05, 0) is 0 Å². The van der Waals surface area contributed by atoms with Crippen LogP contribution in [0.4, 0.5) is 0 Å². The molecule has 0 heterocycles. The normalized spacial score (nSPS) is 9.86. The fourth-order valence-corrected chi connectivity index (χ4v) is 1.63. The van der Waals surface area contributed by atoms with E-state index in [9.17, 15) is 5.11 Å². The molecule has 0 atom stereocenters. The number of aromatic hydroxyl groups is 1. The van der Waals surface area contributed by atoms with E-state index in [1.165, 1.54) is 0 Å². The number of fused-ring (bicyclic) bond motifs is 1. The Labute approximate surface area is 109 Å². The number of hydrogen-bond donors (Lipinski definition) is 1. The van der Waals surface area contributed by atoms with E-state index in [2.05, 4.69) is 6.07 Å². The van der Waals surface area contributed by atoms with Crippen LogP contribution in [-0.2, 0) is 32.7 Å². The van der Waals surface area contributed by atoms with Crippen molar-refractivity contribution in [1.82, 2.24) is 0 Å². The first-order valence-corrected chi connectivity index (χ1v) is 4.30. The second kappa shape index (κ2) is 4.42. The Morgan fingerprint density at radius 1 is 1.00 bits per heavy atom. The van der Waals surface area contributed by atoms with E-state index in [0.717, 1.165) is 21.9 Å². The average Bonchev–Trinajstić information content (AvgIpc) is 2.15. The van der Waals surface area contributed by atoms with Gasteiger partial charge in [0.2, 0.25) is 0 Å². The summed E-state index contributed by atoms with van der Waals surface area (Å²) in [4.78, 5) is 0. The molecule has 0 amide bonds. The maximum Gasteiger partial charge on any atom is 0.0137 e. The quantitative estimate of drug-likeness (QED) is 0.722. The molecule has 2 rings (SSSR count). The van der Waals surface area contributed by atoms with Gasteiger partial charge in [-0.2, -0.15) is 11.6 Å². The molecule has 1 nitrogen and oxygen atoms in total.